The Kier molecular flexibility index (Phi) is 7.15. The minimum atomic E-state index is 0.00637. The van der Waals surface area contributed by atoms with Crippen molar-refractivity contribution in [3.8, 4) is 0 Å². The van der Waals surface area contributed by atoms with E-state index < -0.39 is 0 Å². The average Bonchev–Trinajstić information content (AvgIpc) is 2.03. The van der Waals surface area contributed by atoms with Gasteiger partial charge in [0.25, 0.3) is 0 Å². The van der Waals surface area contributed by atoms with E-state index in [0.717, 1.165) is 6.42 Å². The van der Waals surface area contributed by atoms with Crippen LogP contribution in [0, 0.1) is 11.3 Å². The topological polar surface area (TPSA) is 27.7 Å². The molecule has 0 unspecified atom stereocenters. The summed E-state index contributed by atoms with van der Waals surface area (Å²) in [7, 11) is 5.17. The van der Waals surface area contributed by atoms with Crippen LogP contribution in [-0.4, -0.2) is 41.2 Å². The fourth-order valence-corrected chi connectivity index (χ4v) is 2.09. The van der Waals surface area contributed by atoms with Gasteiger partial charge in [-0.25, -0.2) is 0 Å². The van der Waals surface area contributed by atoms with E-state index in [0.29, 0.717) is 25.7 Å². The molecular weight excluding hydrogens is 180 g/mol. The van der Waals surface area contributed by atoms with Crippen LogP contribution >= 0.6 is 0 Å². The molecule has 0 aromatic heterocycles. The second-order valence-electron chi connectivity index (χ2n) is 4.40. The van der Waals surface area contributed by atoms with Gasteiger partial charge in [0.2, 0.25) is 0 Å². The first-order chi connectivity index (χ1) is 6.60. The molecule has 0 spiro atoms. The lowest BCUT2D eigenvalue weighted by Crippen LogP contribution is -2.37. The van der Waals surface area contributed by atoms with Gasteiger partial charge in [-0.15, -0.1) is 0 Å². The van der Waals surface area contributed by atoms with Crippen molar-refractivity contribution in [2.45, 2.75) is 20.3 Å². The van der Waals surface area contributed by atoms with E-state index in [9.17, 15) is 0 Å². The molecule has 3 nitrogen and oxygen atoms in total. The molecule has 3 heteroatoms. The molecule has 0 aliphatic heterocycles. The van der Waals surface area contributed by atoms with Crippen molar-refractivity contribution < 1.29 is 14.2 Å². The molecule has 0 fully saturated rings. The number of methoxy groups -OCH3 is 3. The first kappa shape index (κ1) is 13.9. The number of rotatable bonds is 8. The molecule has 0 aromatic carbocycles. The molecule has 0 saturated heterocycles. The second-order valence-corrected chi connectivity index (χ2v) is 4.40. The Balaban J connectivity index is 4.37. The average molecular weight is 204 g/mol. The Bertz CT molecular complexity index is 117. The van der Waals surface area contributed by atoms with Crippen LogP contribution in [0.1, 0.15) is 20.3 Å². The van der Waals surface area contributed by atoms with E-state index in [1.807, 2.05) is 0 Å². The highest BCUT2D eigenvalue weighted by molar-refractivity contribution is 4.80. The van der Waals surface area contributed by atoms with Crippen LogP contribution in [0.5, 0.6) is 0 Å². The maximum absolute atomic E-state index is 5.25. The normalized spacial score (nSPS) is 12.4. The quantitative estimate of drug-likeness (QED) is 0.605. The van der Waals surface area contributed by atoms with Gasteiger partial charge < -0.3 is 14.2 Å². The van der Waals surface area contributed by atoms with E-state index in [4.69, 9.17) is 14.2 Å². The van der Waals surface area contributed by atoms with Gasteiger partial charge in [-0.2, -0.15) is 0 Å². The van der Waals surface area contributed by atoms with Crippen molar-refractivity contribution in [2.75, 3.05) is 41.2 Å². The highest BCUT2D eigenvalue weighted by atomic mass is 16.5. The lowest BCUT2D eigenvalue weighted by molar-refractivity contribution is -0.0494. The highest BCUT2D eigenvalue weighted by Gasteiger charge is 2.31. The fraction of sp³-hybridized carbons (Fsp3) is 1.00. The molecule has 0 radical (unpaired) electrons. The Morgan fingerprint density at radius 1 is 0.857 bits per heavy atom. The van der Waals surface area contributed by atoms with Crippen molar-refractivity contribution in [1.82, 2.24) is 0 Å². The maximum atomic E-state index is 5.25. The van der Waals surface area contributed by atoms with Crippen molar-refractivity contribution in [3.63, 3.8) is 0 Å². The van der Waals surface area contributed by atoms with Crippen molar-refractivity contribution >= 4 is 0 Å². The Hall–Kier alpha value is -0.120. The summed E-state index contributed by atoms with van der Waals surface area (Å²) in [5.74, 6) is 0.621. The third-order valence-electron chi connectivity index (χ3n) is 2.19. The van der Waals surface area contributed by atoms with Crippen LogP contribution in [0.25, 0.3) is 0 Å². The van der Waals surface area contributed by atoms with E-state index in [-0.39, 0.29) is 5.41 Å². The molecule has 0 heterocycles. The largest absolute Gasteiger partial charge is 0.384 e. The molecule has 0 amide bonds. The van der Waals surface area contributed by atoms with Gasteiger partial charge in [0, 0.05) is 26.7 Å². The first-order valence-corrected chi connectivity index (χ1v) is 5.07. The third-order valence-corrected chi connectivity index (χ3v) is 2.19. The molecule has 0 aliphatic rings. The minimum absolute atomic E-state index is 0.00637. The molecular formula is C11H24O3. The molecule has 0 rings (SSSR count). The van der Waals surface area contributed by atoms with E-state index in [2.05, 4.69) is 13.8 Å². The van der Waals surface area contributed by atoms with Gasteiger partial charge in [0.1, 0.15) is 0 Å². The minimum Gasteiger partial charge on any atom is -0.384 e. The first-order valence-electron chi connectivity index (χ1n) is 5.07. The molecule has 0 bridgehead atoms. The monoisotopic (exact) mass is 204 g/mol. The lowest BCUT2D eigenvalue weighted by atomic mass is 9.82. The zero-order valence-corrected chi connectivity index (χ0v) is 10.1. The summed E-state index contributed by atoms with van der Waals surface area (Å²) in [6, 6.07) is 0. The van der Waals surface area contributed by atoms with Crippen molar-refractivity contribution in [3.05, 3.63) is 0 Å². The molecule has 0 atom stereocenters. The van der Waals surface area contributed by atoms with E-state index >= 15 is 0 Å². The summed E-state index contributed by atoms with van der Waals surface area (Å²) in [6.07, 6.45) is 1.06. The van der Waals surface area contributed by atoms with Gasteiger partial charge >= 0.3 is 0 Å². The van der Waals surface area contributed by atoms with Gasteiger partial charge in [0.15, 0.2) is 0 Å². The van der Waals surface area contributed by atoms with Crippen molar-refractivity contribution in [1.29, 1.82) is 0 Å². The summed E-state index contributed by atoms with van der Waals surface area (Å²) >= 11 is 0. The molecule has 0 N–H and O–H groups in total. The van der Waals surface area contributed by atoms with Crippen LogP contribution in [0.4, 0.5) is 0 Å². The van der Waals surface area contributed by atoms with Crippen LogP contribution in [0.2, 0.25) is 0 Å². The summed E-state index contributed by atoms with van der Waals surface area (Å²) in [6.45, 7) is 6.47. The molecule has 86 valence electrons. The molecule has 0 aliphatic carbocycles. The van der Waals surface area contributed by atoms with E-state index in [1.54, 1.807) is 21.3 Å². The SMILES string of the molecule is COCC(COC)(COC)CC(C)C. The number of hydrogen-bond acceptors (Lipinski definition) is 3. The Morgan fingerprint density at radius 3 is 1.43 bits per heavy atom. The van der Waals surface area contributed by atoms with Crippen LogP contribution < -0.4 is 0 Å². The summed E-state index contributed by atoms with van der Waals surface area (Å²) < 4.78 is 15.8. The standard InChI is InChI=1S/C11H24O3/c1-10(2)6-11(7-12-3,8-13-4)9-14-5/h10H,6-9H2,1-5H3. The molecule has 0 saturated carbocycles. The Labute approximate surface area is 87.7 Å². The lowest BCUT2D eigenvalue weighted by Gasteiger charge is -2.33. The van der Waals surface area contributed by atoms with Crippen LogP contribution in [0.3, 0.4) is 0 Å². The second kappa shape index (κ2) is 7.21. The third kappa shape index (κ3) is 4.94. The molecule has 14 heavy (non-hydrogen) atoms. The van der Waals surface area contributed by atoms with Gasteiger partial charge in [-0.3, -0.25) is 0 Å². The predicted octanol–water partition coefficient (Wildman–Crippen LogP) is 1.96. The fourth-order valence-electron chi connectivity index (χ4n) is 2.09. The zero-order valence-electron chi connectivity index (χ0n) is 10.1. The van der Waals surface area contributed by atoms with Crippen molar-refractivity contribution in [2.24, 2.45) is 11.3 Å². The summed E-state index contributed by atoms with van der Waals surface area (Å²) in [5.41, 5.74) is 0.00637. The number of hydrogen-bond donors (Lipinski definition) is 0. The summed E-state index contributed by atoms with van der Waals surface area (Å²) in [4.78, 5) is 0. The maximum Gasteiger partial charge on any atom is 0.0563 e. The highest BCUT2D eigenvalue weighted by Crippen LogP contribution is 2.27. The van der Waals surface area contributed by atoms with Crippen LogP contribution in [-0.2, 0) is 14.2 Å². The van der Waals surface area contributed by atoms with Gasteiger partial charge in [-0.05, 0) is 12.3 Å². The number of ether oxygens (including phenoxy) is 3. The van der Waals surface area contributed by atoms with Gasteiger partial charge in [-0.1, -0.05) is 13.8 Å². The Morgan fingerprint density at radius 2 is 1.21 bits per heavy atom. The summed E-state index contributed by atoms with van der Waals surface area (Å²) in [5, 5.41) is 0. The smallest absolute Gasteiger partial charge is 0.0563 e. The zero-order chi connectivity index (χ0) is 11.0. The van der Waals surface area contributed by atoms with Gasteiger partial charge in [0.05, 0.1) is 19.8 Å². The molecule has 0 aromatic rings. The van der Waals surface area contributed by atoms with E-state index in [1.165, 1.54) is 0 Å². The predicted molar refractivity (Wildman–Crippen MR) is 57.5 cm³/mol. The van der Waals surface area contributed by atoms with Crippen LogP contribution in [0.15, 0.2) is 0 Å².